The van der Waals surface area contributed by atoms with E-state index in [0.29, 0.717) is 10.6 Å². The fraction of sp³-hybridized carbons (Fsp3) is 0.158. The van der Waals surface area contributed by atoms with Crippen LogP contribution in [0.4, 0.5) is 4.39 Å². The van der Waals surface area contributed by atoms with Gasteiger partial charge >= 0.3 is 0 Å². The van der Waals surface area contributed by atoms with Gasteiger partial charge in [0.2, 0.25) is 0 Å². The molecule has 0 bridgehead atoms. The molecule has 0 aliphatic rings. The maximum absolute atomic E-state index is 13.6. The summed E-state index contributed by atoms with van der Waals surface area (Å²) < 4.78 is 13.6. The number of hydrogen-bond acceptors (Lipinski definition) is 0. The predicted octanol–water partition coefficient (Wildman–Crippen LogP) is 5.39. The van der Waals surface area contributed by atoms with E-state index in [1.54, 1.807) is 12.1 Å². The topological polar surface area (TPSA) is 0 Å². The van der Waals surface area contributed by atoms with Crippen LogP contribution in [-0.4, -0.2) is 0 Å². The normalized spacial score (nSPS) is 10.4. The Bertz CT molecular complexity index is 688. The van der Waals surface area contributed by atoms with Crippen molar-refractivity contribution in [2.75, 3.05) is 0 Å². The molecule has 0 saturated heterocycles. The monoisotopic (exact) mass is 298 g/mol. The van der Waals surface area contributed by atoms with Crippen LogP contribution in [0, 0.1) is 17.7 Å². The van der Waals surface area contributed by atoms with Crippen LogP contribution in [0.2, 0.25) is 5.02 Å². The summed E-state index contributed by atoms with van der Waals surface area (Å²) in [6, 6.07) is 12.6. The summed E-state index contributed by atoms with van der Waals surface area (Å²) in [6.07, 6.45) is 6.26. The molecule has 21 heavy (non-hydrogen) atoms. The Hall–Kier alpha value is -2.04. The van der Waals surface area contributed by atoms with E-state index < -0.39 is 5.82 Å². The van der Waals surface area contributed by atoms with Crippen LogP contribution in [0.15, 0.2) is 54.6 Å². The van der Waals surface area contributed by atoms with E-state index in [0.717, 1.165) is 18.4 Å². The maximum Gasteiger partial charge on any atom is 0.140 e. The van der Waals surface area contributed by atoms with E-state index in [-0.39, 0.29) is 0 Å². The number of halogens is 2. The highest BCUT2D eigenvalue weighted by molar-refractivity contribution is 6.30. The predicted molar refractivity (Wildman–Crippen MR) is 87.0 cm³/mol. The molecule has 2 aromatic carbocycles. The molecule has 2 heteroatoms. The first-order chi connectivity index (χ1) is 10.2. The second-order valence-corrected chi connectivity index (χ2v) is 5.12. The first-order valence-electron chi connectivity index (χ1n) is 6.86. The average molecular weight is 299 g/mol. The van der Waals surface area contributed by atoms with Gasteiger partial charge in [0.1, 0.15) is 5.82 Å². The van der Waals surface area contributed by atoms with E-state index in [4.69, 9.17) is 11.6 Å². The highest BCUT2D eigenvalue weighted by atomic mass is 35.5. The summed E-state index contributed by atoms with van der Waals surface area (Å²) in [5.41, 5.74) is 2.51. The van der Waals surface area contributed by atoms with Crippen LogP contribution in [-0.2, 0) is 6.42 Å². The highest BCUT2D eigenvalue weighted by Gasteiger charge is 1.99. The number of allylic oxidation sites excluding steroid dienone is 2. The minimum Gasteiger partial charge on any atom is -0.206 e. The molecule has 0 heterocycles. The van der Waals surface area contributed by atoms with Crippen molar-refractivity contribution >= 4 is 11.6 Å². The molecule has 0 amide bonds. The van der Waals surface area contributed by atoms with Crippen LogP contribution in [0.1, 0.15) is 30.0 Å². The Balaban J connectivity index is 2.08. The molecule has 0 aliphatic heterocycles. The largest absolute Gasteiger partial charge is 0.206 e. The van der Waals surface area contributed by atoms with Crippen molar-refractivity contribution in [3.63, 3.8) is 0 Å². The minimum absolute atomic E-state index is 0.358. The fourth-order valence-electron chi connectivity index (χ4n) is 1.90. The van der Waals surface area contributed by atoms with Crippen molar-refractivity contribution in [2.24, 2.45) is 0 Å². The van der Waals surface area contributed by atoms with Crippen LogP contribution in [0.25, 0.3) is 0 Å². The zero-order chi connectivity index (χ0) is 15.1. The summed E-state index contributed by atoms with van der Waals surface area (Å²) in [5, 5.41) is 0.378. The molecule has 0 nitrogen and oxygen atoms in total. The van der Waals surface area contributed by atoms with E-state index >= 15 is 0 Å². The van der Waals surface area contributed by atoms with Gasteiger partial charge in [0.25, 0.3) is 0 Å². The Kier molecular flexibility index (Phi) is 5.60. The maximum atomic E-state index is 13.6. The van der Waals surface area contributed by atoms with Gasteiger partial charge in [-0.3, -0.25) is 0 Å². The third-order valence-corrected chi connectivity index (χ3v) is 3.30. The van der Waals surface area contributed by atoms with Crippen LogP contribution in [0.5, 0.6) is 0 Å². The second kappa shape index (κ2) is 7.67. The molecule has 0 unspecified atom stereocenters. The second-order valence-electron chi connectivity index (χ2n) is 4.68. The molecule has 0 saturated carbocycles. The molecule has 0 radical (unpaired) electrons. The lowest BCUT2D eigenvalue weighted by atomic mass is 10.1. The molecule has 2 rings (SSSR count). The standard InChI is InChI=1S/C19H16ClF/c1-2-3-4-5-15-6-8-16(9-7-15)10-11-17-12-13-18(20)14-19(17)21/h2-3,6-9,12-14H,4-5H2,1H3. The highest BCUT2D eigenvalue weighted by Crippen LogP contribution is 2.14. The number of benzene rings is 2. The van der Waals surface area contributed by atoms with Crippen molar-refractivity contribution in [1.29, 1.82) is 0 Å². The summed E-state index contributed by atoms with van der Waals surface area (Å²) in [5.74, 6) is 5.41. The third kappa shape index (κ3) is 4.77. The van der Waals surface area contributed by atoms with Crippen LogP contribution < -0.4 is 0 Å². The molecule has 0 N–H and O–H groups in total. The lowest BCUT2D eigenvalue weighted by Gasteiger charge is -1.98. The quantitative estimate of drug-likeness (QED) is 0.526. The third-order valence-electron chi connectivity index (χ3n) is 3.06. The Morgan fingerprint density at radius 2 is 1.86 bits per heavy atom. The zero-order valence-corrected chi connectivity index (χ0v) is 12.6. The van der Waals surface area contributed by atoms with Gasteiger partial charge in [0, 0.05) is 10.6 Å². The number of aryl methyl sites for hydroxylation is 1. The molecule has 0 spiro atoms. The molecule has 0 atom stereocenters. The van der Waals surface area contributed by atoms with Gasteiger partial charge in [0.15, 0.2) is 0 Å². The van der Waals surface area contributed by atoms with Gasteiger partial charge < -0.3 is 0 Å². The average Bonchev–Trinajstić information content (AvgIpc) is 2.48. The van der Waals surface area contributed by atoms with E-state index in [1.807, 2.05) is 19.1 Å². The minimum atomic E-state index is -0.391. The molecule has 0 aromatic heterocycles. The van der Waals surface area contributed by atoms with E-state index in [2.05, 4.69) is 36.1 Å². The summed E-state index contributed by atoms with van der Waals surface area (Å²) in [6.45, 7) is 2.02. The molecular weight excluding hydrogens is 283 g/mol. The first-order valence-corrected chi connectivity index (χ1v) is 7.24. The van der Waals surface area contributed by atoms with Gasteiger partial charge in [-0.15, -0.1) is 0 Å². The molecule has 106 valence electrons. The van der Waals surface area contributed by atoms with Crippen molar-refractivity contribution in [3.05, 3.63) is 82.1 Å². The molecule has 2 aromatic rings. The smallest absolute Gasteiger partial charge is 0.140 e. The summed E-state index contributed by atoms with van der Waals surface area (Å²) in [4.78, 5) is 0. The summed E-state index contributed by atoms with van der Waals surface area (Å²) >= 11 is 5.71. The van der Waals surface area contributed by atoms with Crippen molar-refractivity contribution in [3.8, 4) is 11.8 Å². The lowest BCUT2D eigenvalue weighted by Crippen LogP contribution is -1.85. The van der Waals surface area contributed by atoms with Crippen molar-refractivity contribution in [1.82, 2.24) is 0 Å². The van der Waals surface area contributed by atoms with E-state index in [9.17, 15) is 4.39 Å². The van der Waals surface area contributed by atoms with Gasteiger partial charge in [-0.05, 0) is 55.7 Å². The van der Waals surface area contributed by atoms with Gasteiger partial charge in [0.05, 0.1) is 5.56 Å². The Morgan fingerprint density at radius 3 is 2.52 bits per heavy atom. The van der Waals surface area contributed by atoms with Crippen molar-refractivity contribution < 1.29 is 4.39 Å². The summed E-state index contributed by atoms with van der Waals surface area (Å²) in [7, 11) is 0. The SMILES string of the molecule is CC=CCCc1ccc(C#Cc2ccc(Cl)cc2F)cc1. The van der Waals surface area contributed by atoms with Gasteiger partial charge in [-0.1, -0.05) is 47.7 Å². The first kappa shape index (κ1) is 15.4. The fourth-order valence-corrected chi connectivity index (χ4v) is 2.06. The Labute approximate surface area is 130 Å². The lowest BCUT2D eigenvalue weighted by molar-refractivity contribution is 0.624. The molecular formula is C19H16ClF. The van der Waals surface area contributed by atoms with E-state index in [1.165, 1.54) is 11.6 Å². The Morgan fingerprint density at radius 1 is 1.10 bits per heavy atom. The molecule has 0 fully saturated rings. The van der Waals surface area contributed by atoms with Crippen molar-refractivity contribution in [2.45, 2.75) is 19.8 Å². The number of hydrogen-bond donors (Lipinski definition) is 0. The van der Waals surface area contributed by atoms with Crippen LogP contribution >= 0.6 is 11.6 Å². The number of rotatable bonds is 3. The van der Waals surface area contributed by atoms with Crippen LogP contribution in [0.3, 0.4) is 0 Å². The zero-order valence-electron chi connectivity index (χ0n) is 11.9. The van der Waals surface area contributed by atoms with Gasteiger partial charge in [-0.25, -0.2) is 4.39 Å². The van der Waals surface area contributed by atoms with Gasteiger partial charge in [-0.2, -0.15) is 0 Å². The molecule has 0 aliphatic carbocycles.